The maximum atomic E-state index is 13.2. The molecule has 0 radical (unpaired) electrons. The highest BCUT2D eigenvalue weighted by Crippen LogP contribution is 2.75. The summed E-state index contributed by atoms with van der Waals surface area (Å²) in [6.45, 7) is 23.1. The van der Waals surface area contributed by atoms with E-state index in [1.807, 2.05) is 5.57 Å². The first-order valence-electron chi connectivity index (χ1n) is 22.0. The largest absolute Gasteiger partial charge is 0.462 e. The summed E-state index contributed by atoms with van der Waals surface area (Å²) in [4.78, 5) is 13.2. The summed E-state index contributed by atoms with van der Waals surface area (Å²) in [7, 11) is 0. The summed E-state index contributed by atoms with van der Waals surface area (Å²) in [5.74, 6) is 2.18. The molecule has 0 spiro atoms. The monoisotopic (exact) mass is 679 g/mol. The molecule has 0 aromatic carbocycles. The van der Waals surface area contributed by atoms with Crippen LogP contribution in [0.4, 0.5) is 0 Å². The van der Waals surface area contributed by atoms with Crippen molar-refractivity contribution in [1.82, 2.24) is 0 Å². The number of carbonyl (C=O) groups is 1. The second kappa shape index (κ2) is 15.7. The zero-order valence-electron chi connectivity index (χ0n) is 34.4. The number of allylic oxidation sites excluding steroid dienone is 2. The molecule has 0 aromatic rings. The van der Waals surface area contributed by atoms with Gasteiger partial charge in [-0.2, -0.15) is 0 Å². The van der Waals surface area contributed by atoms with Crippen molar-refractivity contribution in [2.45, 2.75) is 229 Å². The van der Waals surface area contributed by atoms with E-state index in [9.17, 15) is 4.79 Å². The molecule has 0 amide bonds. The molecule has 2 nitrogen and oxygen atoms in total. The third kappa shape index (κ3) is 7.94. The topological polar surface area (TPSA) is 26.3 Å². The molecule has 5 aliphatic rings. The minimum atomic E-state index is 0.0307. The van der Waals surface area contributed by atoms with Crippen LogP contribution >= 0.6 is 0 Å². The van der Waals surface area contributed by atoms with Crippen LogP contribution in [0.5, 0.6) is 0 Å². The van der Waals surface area contributed by atoms with Crippen LogP contribution in [0.15, 0.2) is 11.6 Å². The fourth-order valence-corrected chi connectivity index (χ4v) is 13.4. The number of hydrogen-bond acceptors (Lipinski definition) is 2. The lowest BCUT2D eigenvalue weighted by atomic mass is 9.33. The highest BCUT2D eigenvalue weighted by atomic mass is 16.5. The SMILES string of the molecule is CCCCCCCCCCCCCCCCC(=O)O[C@H]1CC[C@]2(C)[C@H]3CC=C4[C@@H]5CC(C)(C)CC[C@]5(C)CC[C@@]4(C)[C@]3(C)CC[C@H]2C1(C)C. The molecule has 2 heteroatoms. The van der Waals surface area contributed by atoms with E-state index in [1.54, 1.807) is 0 Å². The van der Waals surface area contributed by atoms with Gasteiger partial charge in [-0.1, -0.05) is 157 Å². The minimum absolute atomic E-state index is 0.0307. The summed E-state index contributed by atoms with van der Waals surface area (Å²) in [6.07, 6.45) is 35.5. The summed E-state index contributed by atoms with van der Waals surface area (Å²) in [6, 6.07) is 0. The molecule has 0 saturated heterocycles. The molecule has 0 aliphatic heterocycles. The second-order valence-corrected chi connectivity index (χ2v) is 21.1. The van der Waals surface area contributed by atoms with Crippen molar-refractivity contribution in [3.05, 3.63) is 11.6 Å². The predicted molar refractivity (Wildman–Crippen MR) is 210 cm³/mol. The summed E-state index contributed by atoms with van der Waals surface area (Å²) < 4.78 is 6.42. The fraction of sp³-hybridized carbons (Fsp3) is 0.936. The highest BCUT2D eigenvalue weighted by Gasteiger charge is 2.68. The summed E-state index contributed by atoms with van der Waals surface area (Å²) >= 11 is 0. The Bertz CT molecular complexity index is 1130. The minimum Gasteiger partial charge on any atom is -0.462 e. The smallest absolute Gasteiger partial charge is 0.306 e. The standard InChI is InChI=1S/C47H82O2/c1-10-11-12-13-14-15-16-17-18-19-20-21-22-23-24-41(48)49-40-28-29-45(7)38(43(40,4)5)27-30-47(9)39(45)26-25-36-37-35-42(2,3)31-32-44(37,6)33-34-46(36,47)8/h25,37-40H,10-24,26-35H2,1-9H3/t37-,38-,39+,40-,44+,45-,46+,47+/m0/s1. The van der Waals surface area contributed by atoms with Crippen molar-refractivity contribution in [3.63, 3.8) is 0 Å². The van der Waals surface area contributed by atoms with Gasteiger partial charge in [0.15, 0.2) is 0 Å². The van der Waals surface area contributed by atoms with Gasteiger partial charge in [-0.3, -0.25) is 4.79 Å². The van der Waals surface area contributed by atoms with E-state index >= 15 is 0 Å². The van der Waals surface area contributed by atoms with Crippen molar-refractivity contribution < 1.29 is 9.53 Å². The average molecular weight is 679 g/mol. The maximum Gasteiger partial charge on any atom is 0.306 e. The van der Waals surface area contributed by atoms with Gasteiger partial charge >= 0.3 is 5.97 Å². The Balaban J connectivity index is 1.09. The van der Waals surface area contributed by atoms with Gasteiger partial charge in [0.25, 0.3) is 0 Å². The van der Waals surface area contributed by atoms with Crippen LogP contribution in [-0.2, 0) is 9.53 Å². The molecule has 0 bridgehead atoms. The van der Waals surface area contributed by atoms with Crippen molar-refractivity contribution in [2.75, 3.05) is 0 Å². The zero-order chi connectivity index (χ0) is 35.6. The third-order valence-corrected chi connectivity index (χ3v) is 17.0. The lowest BCUT2D eigenvalue weighted by Gasteiger charge is -2.71. The molecule has 4 fully saturated rings. The fourth-order valence-electron chi connectivity index (χ4n) is 13.4. The van der Waals surface area contributed by atoms with E-state index < -0.39 is 0 Å². The Labute approximate surface area is 305 Å². The van der Waals surface area contributed by atoms with Crippen LogP contribution < -0.4 is 0 Å². The van der Waals surface area contributed by atoms with E-state index in [0.717, 1.165) is 24.7 Å². The Morgan fingerprint density at radius 1 is 0.673 bits per heavy atom. The number of ether oxygens (including phenoxy) is 1. The first-order valence-corrected chi connectivity index (χ1v) is 22.0. The quantitative estimate of drug-likeness (QED) is 0.0922. The maximum absolute atomic E-state index is 13.2. The second-order valence-electron chi connectivity index (χ2n) is 21.1. The predicted octanol–water partition coefficient (Wildman–Crippen LogP) is 14.6. The average Bonchev–Trinajstić information content (AvgIpc) is 3.03. The molecule has 0 N–H and O–H groups in total. The molecule has 282 valence electrons. The summed E-state index contributed by atoms with van der Waals surface area (Å²) in [5, 5.41) is 0. The Kier molecular flexibility index (Phi) is 12.6. The van der Waals surface area contributed by atoms with Gasteiger partial charge < -0.3 is 4.74 Å². The van der Waals surface area contributed by atoms with Crippen molar-refractivity contribution in [1.29, 1.82) is 0 Å². The first kappa shape index (κ1) is 39.4. The van der Waals surface area contributed by atoms with Crippen LogP contribution in [0.2, 0.25) is 0 Å². The zero-order valence-corrected chi connectivity index (χ0v) is 34.4. The number of fused-ring (bicyclic) bond motifs is 7. The van der Waals surface area contributed by atoms with Gasteiger partial charge in [0.1, 0.15) is 6.10 Å². The Morgan fingerprint density at radius 3 is 1.86 bits per heavy atom. The van der Waals surface area contributed by atoms with Gasteiger partial charge in [-0.15, -0.1) is 0 Å². The van der Waals surface area contributed by atoms with Crippen LogP contribution in [0.1, 0.15) is 223 Å². The molecule has 0 unspecified atom stereocenters. The molecular weight excluding hydrogens is 597 g/mol. The van der Waals surface area contributed by atoms with E-state index in [0.29, 0.717) is 39.4 Å². The van der Waals surface area contributed by atoms with Gasteiger partial charge in [0.2, 0.25) is 0 Å². The van der Waals surface area contributed by atoms with E-state index in [4.69, 9.17) is 4.74 Å². The van der Waals surface area contributed by atoms with Crippen LogP contribution in [-0.4, -0.2) is 12.1 Å². The number of hydrogen-bond donors (Lipinski definition) is 0. The van der Waals surface area contributed by atoms with Gasteiger partial charge in [0, 0.05) is 11.8 Å². The number of carbonyl (C=O) groups excluding carboxylic acids is 1. The normalized spacial score (nSPS) is 39.2. The van der Waals surface area contributed by atoms with Crippen molar-refractivity contribution in [3.8, 4) is 0 Å². The van der Waals surface area contributed by atoms with E-state index in [1.165, 1.54) is 141 Å². The van der Waals surface area contributed by atoms with E-state index in [2.05, 4.69) is 68.4 Å². The highest BCUT2D eigenvalue weighted by molar-refractivity contribution is 5.69. The Morgan fingerprint density at radius 2 is 1.24 bits per heavy atom. The van der Waals surface area contributed by atoms with Gasteiger partial charge in [0.05, 0.1) is 0 Å². The lowest BCUT2D eigenvalue weighted by Crippen LogP contribution is -2.64. The van der Waals surface area contributed by atoms with Crippen LogP contribution in [0.25, 0.3) is 0 Å². The lowest BCUT2D eigenvalue weighted by molar-refractivity contribution is -0.212. The van der Waals surface area contributed by atoms with Gasteiger partial charge in [-0.25, -0.2) is 0 Å². The molecule has 0 aromatic heterocycles. The molecule has 5 aliphatic carbocycles. The van der Waals surface area contributed by atoms with Crippen molar-refractivity contribution >= 4 is 5.97 Å². The third-order valence-electron chi connectivity index (χ3n) is 17.0. The van der Waals surface area contributed by atoms with Gasteiger partial charge in [-0.05, 0) is 115 Å². The molecule has 4 saturated carbocycles. The summed E-state index contributed by atoms with van der Waals surface area (Å²) in [5.41, 5.74) is 3.87. The van der Waals surface area contributed by atoms with Crippen LogP contribution in [0, 0.1) is 50.2 Å². The molecule has 0 heterocycles. The Hall–Kier alpha value is -0.790. The number of unbranched alkanes of at least 4 members (excludes halogenated alkanes) is 13. The molecule has 49 heavy (non-hydrogen) atoms. The van der Waals surface area contributed by atoms with Crippen molar-refractivity contribution in [2.24, 2.45) is 50.2 Å². The molecule has 8 atom stereocenters. The number of rotatable bonds is 16. The van der Waals surface area contributed by atoms with E-state index in [-0.39, 0.29) is 17.5 Å². The number of esters is 1. The van der Waals surface area contributed by atoms with Crippen LogP contribution in [0.3, 0.4) is 0 Å². The molecule has 5 rings (SSSR count). The first-order chi connectivity index (χ1) is 23.1. The molecular formula is C47H82O2.